The molecule has 2 fully saturated rings. The maximum absolute atomic E-state index is 3.83. The Morgan fingerprint density at radius 2 is 1.75 bits per heavy atom. The molecule has 2 saturated carbocycles. The molecule has 2 aliphatic carbocycles. The monoisotopic (exact) mass is 223 g/mol. The third-order valence-corrected chi connectivity index (χ3v) is 5.19. The third kappa shape index (κ3) is 3.00. The van der Waals surface area contributed by atoms with Crippen LogP contribution in [0.3, 0.4) is 0 Å². The number of nitrogens with one attached hydrogen (secondary N) is 1. The number of hydrogen-bond donors (Lipinski definition) is 1. The highest BCUT2D eigenvalue weighted by Gasteiger charge is 2.40. The van der Waals surface area contributed by atoms with Crippen LogP contribution in [-0.4, -0.2) is 12.6 Å². The number of rotatable bonds is 5. The second-order valence-electron chi connectivity index (χ2n) is 6.59. The topological polar surface area (TPSA) is 12.0 Å². The minimum Gasteiger partial charge on any atom is -0.313 e. The molecule has 0 aromatic rings. The van der Waals surface area contributed by atoms with Crippen molar-refractivity contribution >= 4 is 0 Å². The predicted octanol–water partition coefficient (Wildman–Crippen LogP) is 3.98. The Balaban J connectivity index is 1.66. The predicted molar refractivity (Wildman–Crippen MR) is 70.5 cm³/mol. The molecular weight excluding hydrogens is 194 g/mol. The van der Waals surface area contributed by atoms with E-state index in [1.807, 2.05) is 0 Å². The van der Waals surface area contributed by atoms with Crippen molar-refractivity contribution in [1.82, 2.24) is 5.32 Å². The molecule has 2 aliphatic rings. The van der Waals surface area contributed by atoms with E-state index in [4.69, 9.17) is 0 Å². The molecule has 0 bridgehead atoms. The third-order valence-electron chi connectivity index (χ3n) is 5.19. The molecular formula is C15H29N. The maximum atomic E-state index is 3.83. The van der Waals surface area contributed by atoms with E-state index in [0.717, 1.165) is 23.3 Å². The van der Waals surface area contributed by atoms with E-state index in [1.54, 1.807) is 0 Å². The summed E-state index contributed by atoms with van der Waals surface area (Å²) in [7, 11) is 0. The van der Waals surface area contributed by atoms with E-state index < -0.39 is 0 Å². The summed E-state index contributed by atoms with van der Waals surface area (Å²) in [5.41, 5.74) is 0.717. The molecule has 1 nitrogen and oxygen atoms in total. The number of hydrogen-bond acceptors (Lipinski definition) is 1. The van der Waals surface area contributed by atoms with Gasteiger partial charge in [-0.05, 0) is 62.2 Å². The highest BCUT2D eigenvalue weighted by atomic mass is 14.9. The van der Waals surface area contributed by atoms with Crippen molar-refractivity contribution in [3.8, 4) is 0 Å². The van der Waals surface area contributed by atoms with Crippen LogP contribution >= 0.6 is 0 Å². The van der Waals surface area contributed by atoms with Gasteiger partial charge in [-0.1, -0.05) is 20.8 Å². The van der Waals surface area contributed by atoms with Gasteiger partial charge in [-0.3, -0.25) is 0 Å². The van der Waals surface area contributed by atoms with Gasteiger partial charge in [0.1, 0.15) is 0 Å². The van der Waals surface area contributed by atoms with E-state index in [1.165, 1.54) is 51.5 Å². The Morgan fingerprint density at radius 1 is 1.12 bits per heavy atom. The lowest BCUT2D eigenvalue weighted by Gasteiger charge is -2.32. The molecule has 0 unspecified atom stereocenters. The van der Waals surface area contributed by atoms with E-state index in [0.29, 0.717) is 0 Å². The highest BCUT2D eigenvalue weighted by Crippen LogP contribution is 2.48. The van der Waals surface area contributed by atoms with Crippen molar-refractivity contribution in [2.45, 2.75) is 71.8 Å². The molecule has 0 aromatic heterocycles. The van der Waals surface area contributed by atoms with Gasteiger partial charge in [0.25, 0.3) is 0 Å². The van der Waals surface area contributed by atoms with Gasteiger partial charge in [0.15, 0.2) is 0 Å². The van der Waals surface area contributed by atoms with Crippen LogP contribution in [0.2, 0.25) is 0 Å². The zero-order valence-electron chi connectivity index (χ0n) is 11.4. The van der Waals surface area contributed by atoms with Crippen LogP contribution in [0.15, 0.2) is 0 Å². The summed E-state index contributed by atoms with van der Waals surface area (Å²) in [6, 6.07) is 0.832. The van der Waals surface area contributed by atoms with Gasteiger partial charge in [0, 0.05) is 12.6 Å². The summed E-state index contributed by atoms with van der Waals surface area (Å²) in [6.45, 7) is 8.41. The first-order valence-corrected chi connectivity index (χ1v) is 7.38. The van der Waals surface area contributed by atoms with Gasteiger partial charge in [0.05, 0.1) is 0 Å². The molecule has 0 amide bonds. The normalized spacial score (nSPS) is 33.0. The quantitative estimate of drug-likeness (QED) is 0.743. The zero-order valence-corrected chi connectivity index (χ0v) is 11.4. The summed E-state index contributed by atoms with van der Waals surface area (Å²) < 4.78 is 0. The molecule has 16 heavy (non-hydrogen) atoms. The smallest absolute Gasteiger partial charge is 0.00675 e. The van der Waals surface area contributed by atoms with Crippen LogP contribution in [0.1, 0.15) is 65.7 Å². The summed E-state index contributed by atoms with van der Waals surface area (Å²) in [5.74, 6) is 1.89. The molecule has 0 spiro atoms. The lowest BCUT2D eigenvalue weighted by molar-refractivity contribution is 0.231. The first-order valence-electron chi connectivity index (χ1n) is 7.38. The molecule has 0 aromatic carbocycles. The van der Waals surface area contributed by atoms with E-state index in [9.17, 15) is 0 Å². The first kappa shape index (κ1) is 12.4. The second kappa shape index (κ2) is 5.08. The minimum absolute atomic E-state index is 0.717. The Hall–Kier alpha value is -0.0400. The molecule has 0 saturated heterocycles. The molecule has 94 valence electrons. The van der Waals surface area contributed by atoms with Crippen LogP contribution in [-0.2, 0) is 0 Å². The summed E-state index contributed by atoms with van der Waals surface area (Å²) in [6.07, 6.45) is 10.1. The SMILES string of the molecule is CCC1(CNC2CCC(C(C)C)CC2)CC1. The first-order chi connectivity index (χ1) is 7.65. The zero-order chi connectivity index (χ0) is 11.6. The Bertz CT molecular complexity index is 209. The van der Waals surface area contributed by atoms with Crippen molar-refractivity contribution in [3.63, 3.8) is 0 Å². The average Bonchev–Trinajstić information content (AvgIpc) is 3.08. The minimum atomic E-state index is 0.717. The van der Waals surface area contributed by atoms with Crippen LogP contribution in [0.5, 0.6) is 0 Å². The lowest BCUT2D eigenvalue weighted by atomic mass is 9.79. The Kier molecular flexibility index (Phi) is 3.94. The van der Waals surface area contributed by atoms with Gasteiger partial charge in [0.2, 0.25) is 0 Å². The molecule has 0 heterocycles. The largest absolute Gasteiger partial charge is 0.313 e. The molecule has 1 N–H and O–H groups in total. The molecule has 1 heteroatoms. The van der Waals surface area contributed by atoms with Gasteiger partial charge >= 0.3 is 0 Å². The molecule has 0 atom stereocenters. The average molecular weight is 223 g/mol. The van der Waals surface area contributed by atoms with Crippen LogP contribution in [0.25, 0.3) is 0 Å². The van der Waals surface area contributed by atoms with Gasteiger partial charge in [-0.25, -0.2) is 0 Å². The summed E-state index contributed by atoms with van der Waals surface area (Å²) in [5, 5.41) is 3.83. The lowest BCUT2D eigenvalue weighted by Crippen LogP contribution is -2.37. The van der Waals surface area contributed by atoms with Crippen molar-refractivity contribution in [3.05, 3.63) is 0 Å². The Labute approximate surface area is 101 Å². The van der Waals surface area contributed by atoms with Crippen LogP contribution in [0, 0.1) is 17.3 Å². The fourth-order valence-corrected chi connectivity index (χ4v) is 3.18. The van der Waals surface area contributed by atoms with E-state index >= 15 is 0 Å². The molecule has 2 rings (SSSR count). The fraction of sp³-hybridized carbons (Fsp3) is 1.00. The maximum Gasteiger partial charge on any atom is 0.00675 e. The van der Waals surface area contributed by atoms with E-state index in [-0.39, 0.29) is 0 Å². The van der Waals surface area contributed by atoms with Crippen molar-refractivity contribution in [1.29, 1.82) is 0 Å². The molecule has 0 aliphatic heterocycles. The van der Waals surface area contributed by atoms with Gasteiger partial charge in [-0.15, -0.1) is 0 Å². The van der Waals surface area contributed by atoms with E-state index in [2.05, 4.69) is 26.1 Å². The van der Waals surface area contributed by atoms with Gasteiger partial charge in [-0.2, -0.15) is 0 Å². The molecule has 0 radical (unpaired) electrons. The second-order valence-corrected chi connectivity index (χ2v) is 6.59. The van der Waals surface area contributed by atoms with Crippen molar-refractivity contribution in [2.24, 2.45) is 17.3 Å². The van der Waals surface area contributed by atoms with Gasteiger partial charge < -0.3 is 5.32 Å². The standard InChI is InChI=1S/C15H29N/c1-4-15(9-10-15)11-16-14-7-5-13(6-8-14)12(2)3/h12-14,16H,4-11H2,1-3H3. The highest BCUT2D eigenvalue weighted by molar-refractivity contribution is 4.94. The summed E-state index contributed by atoms with van der Waals surface area (Å²) >= 11 is 0. The van der Waals surface area contributed by atoms with Crippen molar-refractivity contribution < 1.29 is 0 Å². The van der Waals surface area contributed by atoms with Crippen LogP contribution < -0.4 is 5.32 Å². The summed E-state index contributed by atoms with van der Waals surface area (Å²) in [4.78, 5) is 0. The van der Waals surface area contributed by atoms with Crippen molar-refractivity contribution in [2.75, 3.05) is 6.54 Å². The van der Waals surface area contributed by atoms with Crippen LogP contribution in [0.4, 0.5) is 0 Å². The fourth-order valence-electron chi connectivity index (χ4n) is 3.18. The Morgan fingerprint density at radius 3 is 2.19 bits per heavy atom.